The number of nitriles is 2. The standard InChI is InChI=1S/C13H10N4S/c14-8-12-13(9-15)17(10-16-12)6-7-18-11-4-2-1-3-5-11/h1-5,10H,6-7H2. The summed E-state index contributed by atoms with van der Waals surface area (Å²) in [4.78, 5) is 5.09. The van der Waals surface area contributed by atoms with E-state index in [1.165, 1.54) is 4.90 Å². The maximum absolute atomic E-state index is 8.97. The topological polar surface area (TPSA) is 65.4 Å². The highest BCUT2D eigenvalue weighted by Crippen LogP contribution is 2.17. The van der Waals surface area contributed by atoms with Crippen molar-refractivity contribution in [2.24, 2.45) is 0 Å². The van der Waals surface area contributed by atoms with Gasteiger partial charge in [-0.05, 0) is 12.1 Å². The van der Waals surface area contributed by atoms with E-state index in [0.29, 0.717) is 12.2 Å². The van der Waals surface area contributed by atoms with Crippen LogP contribution in [0.25, 0.3) is 0 Å². The van der Waals surface area contributed by atoms with Crippen molar-refractivity contribution in [3.63, 3.8) is 0 Å². The van der Waals surface area contributed by atoms with Crippen LogP contribution in [0.3, 0.4) is 0 Å². The van der Waals surface area contributed by atoms with Crippen molar-refractivity contribution in [1.82, 2.24) is 9.55 Å². The summed E-state index contributed by atoms with van der Waals surface area (Å²) in [5, 5.41) is 17.8. The van der Waals surface area contributed by atoms with Crippen LogP contribution in [-0.2, 0) is 6.54 Å². The molecule has 0 bridgehead atoms. The van der Waals surface area contributed by atoms with Gasteiger partial charge in [-0.15, -0.1) is 11.8 Å². The molecule has 0 aliphatic heterocycles. The zero-order valence-corrected chi connectivity index (χ0v) is 10.4. The zero-order valence-electron chi connectivity index (χ0n) is 9.58. The zero-order chi connectivity index (χ0) is 12.8. The fraction of sp³-hybridized carbons (Fsp3) is 0.154. The van der Waals surface area contributed by atoms with E-state index in [2.05, 4.69) is 4.98 Å². The van der Waals surface area contributed by atoms with Crippen LogP contribution in [0.4, 0.5) is 0 Å². The smallest absolute Gasteiger partial charge is 0.176 e. The number of hydrogen-bond donors (Lipinski definition) is 0. The molecule has 0 atom stereocenters. The highest BCUT2D eigenvalue weighted by Gasteiger charge is 2.09. The predicted molar refractivity (Wildman–Crippen MR) is 68.8 cm³/mol. The van der Waals surface area contributed by atoms with Crippen LogP contribution in [0.5, 0.6) is 0 Å². The van der Waals surface area contributed by atoms with E-state index in [-0.39, 0.29) is 5.69 Å². The van der Waals surface area contributed by atoms with Crippen LogP contribution in [-0.4, -0.2) is 15.3 Å². The summed E-state index contributed by atoms with van der Waals surface area (Å²) in [6.07, 6.45) is 1.54. The molecule has 0 aliphatic carbocycles. The summed E-state index contributed by atoms with van der Waals surface area (Å²) in [5.41, 5.74) is 0.536. The van der Waals surface area contributed by atoms with Gasteiger partial charge in [0, 0.05) is 17.2 Å². The van der Waals surface area contributed by atoms with Crippen LogP contribution in [0, 0.1) is 22.7 Å². The van der Waals surface area contributed by atoms with Crippen LogP contribution in [0.2, 0.25) is 0 Å². The Bertz CT molecular complexity index is 604. The Balaban J connectivity index is 1.98. The molecular formula is C13H10N4S. The van der Waals surface area contributed by atoms with Crippen molar-refractivity contribution in [2.75, 3.05) is 5.75 Å². The minimum absolute atomic E-state index is 0.196. The van der Waals surface area contributed by atoms with E-state index in [1.54, 1.807) is 22.7 Å². The van der Waals surface area contributed by atoms with E-state index in [0.717, 1.165) is 5.75 Å². The highest BCUT2D eigenvalue weighted by atomic mass is 32.2. The Morgan fingerprint density at radius 1 is 1.17 bits per heavy atom. The van der Waals surface area contributed by atoms with E-state index in [4.69, 9.17) is 10.5 Å². The molecule has 2 rings (SSSR count). The molecule has 0 saturated carbocycles. The van der Waals surface area contributed by atoms with Crippen molar-refractivity contribution >= 4 is 11.8 Å². The lowest BCUT2D eigenvalue weighted by Crippen LogP contribution is -2.02. The summed E-state index contributed by atoms with van der Waals surface area (Å²) in [6.45, 7) is 0.664. The van der Waals surface area contributed by atoms with Gasteiger partial charge < -0.3 is 4.57 Å². The van der Waals surface area contributed by atoms with Gasteiger partial charge >= 0.3 is 0 Å². The fourth-order valence-corrected chi connectivity index (χ4v) is 2.40. The third-order valence-corrected chi connectivity index (χ3v) is 3.39. The van der Waals surface area contributed by atoms with Crippen LogP contribution in [0.1, 0.15) is 11.4 Å². The van der Waals surface area contributed by atoms with Crippen LogP contribution in [0.15, 0.2) is 41.6 Å². The fourth-order valence-electron chi connectivity index (χ4n) is 1.53. The third kappa shape index (κ3) is 2.71. The third-order valence-electron chi connectivity index (χ3n) is 2.39. The quantitative estimate of drug-likeness (QED) is 0.786. The van der Waals surface area contributed by atoms with Gasteiger partial charge in [-0.1, -0.05) is 18.2 Å². The lowest BCUT2D eigenvalue weighted by molar-refractivity contribution is 0.759. The molecule has 2 aromatic rings. The first-order valence-electron chi connectivity index (χ1n) is 5.38. The molecule has 0 fully saturated rings. The molecule has 0 unspecified atom stereocenters. The van der Waals surface area contributed by atoms with Crippen molar-refractivity contribution in [3.05, 3.63) is 48.0 Å². The largest absolute Gasteiger partial charge is 0.320 e. The Morgan fingerprint density at radius 3 is 2.61 bits per heavy atom. The first kappa shape index (κ1) is 12.2. The molecule has 1 heterocycles. The first-order valence-corrected chi connectivity index (χ1v) is 6.37. The van der Waals surface area contributed by atoms with E-state index >= 15 is 0 Å². The molecule has 0 saturated heterocycles. The number of benzene rings is 1. The van der Waals surface area contributed by atoms with Crippen molar-refractivity contribution in [2.45, 2.75) is 11.4 Å². The molecule has 0 radical (unpaired) electrons. The number of thioether (sulfide) groups is 1. The number of nitrogens with zero attached hydrogens (tertiary/aromatic N) is 4. The number of hydrogen-bond acceptors (Lipinski definition) is 4. The highest BCUT2D eigenvalue weighted by molar-refractivity contribution is 7.99. The van der Waals surface area contributed by atoms with Crippen molar-refractivity contribution in [1.29, 1.82) is 10.5 Å². The van der Waals surface area contributed by atoms with Gasteiger partial charge in [0.2, 0.25) is 0 Å². The van der Waals surface area contributed by atoms with Gasteiger partial charge in [-0.3, -0.25) is 0 Å². The van der Waals surface area contributed by atoms with Gasteiger partial charge in [0.25, 0.3) is 0 Å². The predicted octanol–water partition coefficient (Wildman–Crippen LogP) is 2.42. The molecule has 0 amide bonds. The summed E-state index contributed by atoms with van der Waals surface area (Å²) >= 11 is 1.71. The SMILES string of the molecule is N#Cc1ncn(CCSc2ccccc2)c1C#N. The van der Waals surface area contributed by atoms with Gasteiger partial charge in [-0.2, -0.15) is 10.5 Å². The normalized spacial score (nSPS) is 9.67. The number of rotatable bonds is 4. The molecule has 88 valence electrons. The van der Waals surface area contributed by atoms with Gasteiger partial charge in [-0.25, -0.2) is 4.98 Å². The second-order valence-corrected chi connectivity index (χ2v) is 4.69. The molecular weight excluding hydrogens is 244 g/mol. The lowest BCUT2D eigenvalue weighted by atomic mass is 10.3. The maximum atomic E-state index is 8.97. The molecule has 0 spiro atoms. The summed E-state index contributed by atoms with van der Waals surface area (Å²) < 4.78 is 1.72. The van der Waals surface area contributed by atoms with Crippen molar-refractivity contribution < 1.29 is 0 Å². The second-order valence-electron chi connectivity index (χ2n) is 3.52. The minimum atomic E-state index is 0.196. The van der Waals surface area contributed by atoms with Gasteiger partial charge in [0.05, 0.1) is 6.33 Å². The summed E-state index contributed by atoms with van der Waals surface area (Å²) in [5.74, 6) is 0.833. The first-order chi connectivity index (χ1) is 8.85. The molecule has 0 N–H and O–H groups in total. The van der Waals surface area contributed by atoms with Crippen molar-refractivity contribution in [3.8, 4) is 12.1 Å². The summed E-state index contributed by atoms with van der Waals surface area (Å²) in [7, 11) is 0. The average Bonchev–Trinajstić information content (AvgIpc) is 2.82. The van der Waals surface area contributed by atoms with Gasteiger partial charge in [0.15, 0.2) is 11.4 Å². The Kier molecular flexibility index (Phi) is 4.01. The van der Waals surface area contributed by atoms with Crippen LogP contribution < -0.4 is 0 Å². The van der Waals surface area contributed by atoms with E-state index < -0.39 is 0 Å². The summed E-state index contributed by atoms with van der Waals surface area (Å²) in [6, 6.07) is 14.0. The van der Waals surface area contributed by atoms with Gasteiger partial charge in [0.1, 0.15) is 12.1 Å². The minimum Gasteiger partial charge on any atom is -0.320 e. The monoisotopic (exact) mass is 254 g/mol. The molecule has 18 heavy (non-hydrogen) atoms. The molecule has 1 aromatic carbocycles. The molecule has 4 nitrogen and oxygen atoms in total. The molecule has 0 aliphatic rings. The lowest BCUT2D eigenvalue weighted by Gasteiger charge is -2.03. The average molecular weight is 254 g/mol. The Labute approximate surface area is 109 Å². The Morgan fingerprint density at radius 2 is 1.94 bits per heavy atom. The number of aromatic nitrogens is 2. The Hall–Kier alpha value is -2.24. The number of imidazole rings is 1. The molecule has 5 heteroatoms. The second kappa shape index (κ2) is 5.90. The van der Waals surface area contributed by atoms with E-state index in [1.807, 2.05) is 42.5 Å². The maximum Gasteiger partial charge on any atom is 0.176 e. The van der Waals surface area contributed by atoms with E-state index in [9.17, 15) is 0 Å². The molecule has 1 aromatic heterocycles. The van der Waals surface area contributed by atoms with Crippen LogP contribution >= 0.6 is 11.8 Å². The number of aryl methyl sites for hydroxylation is 1.